The van der Waals surface area contributed by atoms with E-state index >= 15 is 0 Å². The van der Waals surface area contributed by atoms with E-state index in [1.165, 1.54) is 0 Å². The summed E-state index contributed by atoms with van der Waals surface area (Å²) in [5.41, 5.74) is 5.68. The number of hydrogen-bond donors (Lipinski definition) is 2. The van der Waals surface area contributed by atoms with E-state index in [-0.39, 0.29) is 11.8 Å². The van der Waals surface area contributed by atoms with Crippen LogP contribution >= 0.6 is 0 Å². The zero-order chi connectivity index (χ0) is 13.5. The minimum absolute atomic E-state index is 0.0223. The van der Waals surface area contributed by atoms with Gasteiger partial charge in [0, 0.05) is 13.5 Å². The summed E-state index contributed by atoms with van der Waals surface area (Å²) in [7, 11) is 1.85. The number of nitrogens with two attached hydrogens (primary N) is 1. The minimum atomic E-state index is 0.0223. The third-order valence-corrected chi connectivity index (χ3v) is 2.86. The quantitative estimate of drug-likeness (QED) is 0.738. The van der Waals surface area contributed by atoms with Gasteiger partial charge in [0.1, 0.15) is 6.33 Å². The first kappa shape index (κ1) is 14.6. The second-order valence-corrected chi connectivity index (χ2v) is 5.07. The van der Waals surface area contributed by atoms with Crippen LogP contribution in [0.3, 0.4) is 0 Å². The molecule has 0 aliphatic carbocycles. The highest BCUT2D eigenvalue weighted by Crippen LogP contribution is 2.13. The molecule has 0 aliphatic heterocycles. The number of rotatable bonds is 7. The summed E-state index contributed by atoms with van der Waals surface area (Å²) in [4.78, 5) is 11.8. The molecule has 0 saturated carbocycles. The van der Waals surface area contributed by atoms with Crippen LogP contribution in [0.1, 0.15) is 32.5 Å². The van der Waals surface area contributed by atoms with Gasteiger partial charge >= 0.3 is 0 Å². The summed E-state index contributed by atoms with van der Waals surface area (Å²) in [6.07, 6.45) is 3.07. The predicted molar refractivity (Wildman–Crippen MR) is 69.5 cm³/mol. The Hall–Kier alpha value is -1.43. The van der Waals surface area contributed by atoms with Gasteiger partial charge < -0.3 is 15.6 Å². The van der Waals surface area contributed by atoms with Crippen molar-refractivity contribution in [2.45, 2.75) is 33.2 Å². The van der Waals surface area contributed by atoms with Gasteiger partial charge in [-0.1, -0.05) is 13.8 Å². The van der Waals surface area contributed by atoms with Crippen molar-refractivity contribution in [2.75, 3.05) is 6.54 Å². The van der Waals surface area contributed by atoms with Gasteiger partial charge in [-0.3, -0.25) is 4.79 Å². The molecule has 102 valence electrons. The molecule has 0 saturated heterocycles. The van der Waals surface area contributed by atoms with E-state index in [0.717, 1.165) is 12.2 Å². The molecular formula is C12H23N5O. The van der Waals surface area contributed by atoms with Crippen LogP contribution in [0.2, 0.25) is 0 Å². The van der Waals surface area contributed by atoms with Crippen LogP contribution in [-0.4, -0.2) is 27.2 Å². The zero-order valence-corrected chi connectivity index (χ0v) is 11.4. The lowest BCUT2D eigenvalue weighted by atomic mass is 9.94. The highest BCUT2D eigenvalue weighted by atomic mass is 16.1. The SMILES string of the molecule is CC(C)CC(CN)CC(=O)NCc1nncn1C. The number of carbonyl (C=O) groups is 1. The number of carbonyl (C=O) groups excluding carboxylic acids is 1. The van der Waals surface area contributed by atoms with Gasteiger partial charge in [0.2, 0.25) is 5.91 Å². The largest absolute Gasteiger partial charge is 0.349 e. The molecule has 1 amide bonds. The van der Waals surface area contributed by atoms with E-state index in [1.807, 2.05) is 7.05 Å². The Bertz CT molecular complexity index is 374. The molecule has 6 heteroatoms. The third-order valence-electron chi connectivity index (χ3n) is 2.86. The number of aryl methyl sites for hydroxylation is 1. The lowest BCUT2D eigenvalue weighted by Crippen LogP contribution is -2.29. The normalized spacial score (nSPS) is 12.7. The van der Waals surface area contributed by atoms with Gasteiger partial charge in [0.05, 0.1) is 6.54 Å². The van der Waals surface area contributed by atoms with Crippen molar-refractivity contribution in [3.63, 3.8) is 0 Å². The lowest BCUT2D eigenvalue weighted by Gasteiger charge is -2.16. The first-order valence-corrected chi connectivity index (χ1v) is 6.32. The van der Waals surface area contributed by atoms with Gasteiger partial charge in [-0.25, -0.2) is 0 Å². The van der Waals surface area contributed by atoms with E-state index in [4.69, 9.17) is 5.73 Å². The van der Waals surface area contributed by atoms with Crippen LogP contribution in [0.25, 0.3) is 0 Å². The maximum Gasteiger partial charge on any atom is 0.220 e. The van der Waals surface area contributed by atoms with Crippen molar-refractivity contribution in [2.24, 2.45) is 24.6 Å². The highest BCUT2D eigenvalue weighted by molar-refractivity contribution is 5.76. The number of aromatic nitrogens is 3. The summed E-state index contributed by atoms with van der Waals surface area (Å²) in [6, 6.07) is 0. The Morgan fingerprint density at radius 1 is 1.56 bits per heavy atom. The molecule has 1 rings (SSSR count). The summed E-state index contributed by atoms with van der Waals surface area (Å²) in [6.45, 7) is 5.24. The van der Waals surface area contributed by atoms with Crippen molar-refractivity contribution >= 4 is 5.91 Å². The van der Waals surface area contributed by atoms with Crippen LogP contribution in [-0.2, 0) is 18.4 Å². The molecule has 0 fully saturated rings. The van der Waals surface area contributed by atoms with E-state index in [0.29, 0.717) is 25.4 Å². The Morgan fingerprint density at radius 3 is 2.78 bits per heavy atom. The maximum atomic E-state index is 11.8. The molecule has 1 heterocycles. The van der Waals surface area contributed by atoms with Crippen molar-refractivity contribution in [3.05, 3.63) is 12.2 Å². The maximum absolute atomic E-state index is 11.8. The molecule has 0 radical (unpaired) electrons. The van der Waals surface area contributed by atoms with E-state index < -0.39 is 0 Å². The number of hydrogen-bond acceptors (Lipinski definition) is 4. The summed E-state index contributed by atoms with van der Waals surface area (Å²) < 4.78 is 1.79. The van der Waals surface area contributed by atoms with Gasteiger partial charge in [-0.15, -0.1) is 10.2 Å². The van der Waals surface area contributed by atoms with Crippen molar-refractivity contribution < 1.29 is 4.79 Å². The van der Waals surface area contributed by atoms with Crippen LogP contribution in [0.4, 0.5) is 0 Å². The molecule has 0 aromatic carbocycles. The summed E-state index contributed by atoms with van der Waals surface area (Å²) in [5.74, 6) is 1.58. The Morgan fingerprint density at radius 2 is 2.28 bits per heavy atom. The molecule has 0 bridgehead atoms. The zero-order valence-electron chi connectivity index (χ0n) is 11.4. The molecule has 1 unspecified atom stereocenters. The first-order chi connectivity index (χ1) is 8.52. The highest BCUT2D eigenvalue weighted by Gasteiger charge is 2.14. The van der Waals surface area contributed by atoms with Crippen LogP contribution in [0, 0.1) is 11.8 Å². The Kier molecular flexibility index (Phi) is 5.77. The average molecular weight is 253 g/mol. The van der Waals surface area contributed by atoms with Gasteiger partial charge in [-0.05, 0) is 24.8 Å². The van der Waals surface area contributed by atoms with E-state index in [1.54, 1.807) is 10.9 Å². The fourth-order valence-electron chi connectivity index (χ4n) is 1.91. The molecular weight excluding hydrogens is 230 g/mol. The Labute approximate surface area is 108 Å². The van der Waals surface area contributed by atoms with E-state index in [2.05, 4.69) is 29.4 Å². The summed E-state index contributed by atoms with van der Waals surface area (Å²) >= 11 is 0. The topological polar surface area (TPSA) is 85.8 Å². The van der Waals surface area contributed by atoms with Gasteiger partial charge in [-0.2, -0.15) is 0 Å². The third kappa shape index (κ3) is 4.83. The fraction of sp³-hybridized carbons (Fsp3) is 0.750. The smallest absolute Gasteiger partial charge is 0.220 e. The van der Waals surface area contributed by atoms with Crippen molar-refractivity contribution in [1.82, 2.24) is 20.1 Å². The molecule has 0 aliphatic rings. The number of nitrogens with one attached hydrogen (secondary N) is 1. The van der Waals surface area contributed by atoms with Crippen molar-refractivity contribution in [3.8, 4) is 0 Å². The van der Waals surface area contributed by atoms with Crippen molar-refractivity contribution in [1.29, 1.82) is 0 Å². The second-order valence-electron chi connectivity index (χ2n) is 5.07. The fourth-order valence-corrected chi connectivity index (χ4v) is 1.91. The van der Waals surface area contributed by atoms with Gasteiger partial charge in [0.25, 0.3) is 0 Å². The van der Waals surface area contributed by atoms with Crippen LogP contribution in [0.5, 0.6) is 0 Å². The standard InChI is InChI=1S/C12H23N5O/c1-9(2)4-10(6-13)5-12(18)14-7-11-16-15-8-17(11)3/h8-10H,4-7,13H2,1-3H3,(H,14,18). The molecule has 3 N–H and O–H groups in total. The monoisotopic (exact) mass is 253 g/mol. The minimum Gasteiger partial charge on any atom is -0.349 e. The average Bonchev–Trinajstić information content (AvgIpc) is 2.70. The van der Waals surface area contributed by atoms with Crippen LogP contribution < -0.4 is 11.1 Å². The molecule has 6 nitrogen and oxygen atoms in total. The molecule has 18 heavy (non-hydrogen) atoms. The summed E-state index contributed by atoms with van der Waals surface area (Å²) in [5, 5.41) is 10.5. The second kappa shape index (κ2) is 7.10. The molecule has 1 aromatic heterocycles. The Balaban J connectivity index is 2.34. The molecule has 1 atom stereocenters. The van der Waals surface area contributed by atoms with E-state index in [9.17, 15) is 4.79 Å². The lowest BCUT2D eigenvalue weighted by molar-refractivity contribution is -0.122. The predicted octanol–water partition coefficient (Wildman–Crippen LogP) is 0.442. The first-order valence-electron chi connectivity index (χ1n) is 6.32. The van der Waals surface area contributed by atoms with Crippen LogP contribution in [0.15, 0.2) is 6.33 Å². The number of amides is 1. The molecule has 1 aromatic rings. The molecule has 0 spiro atoms. The van der Waals surface area contributed by atoms with Gasteiger partial charge in [0.15, 0.2) is 5.82 Å². The number of nitrogens with zero attached hydrogens (tertiary/aromatic N) is 3.